The summed E-state index contributed by atoms with van der Waals surface area (Å²) in [6.07, 6.45) is 0. The lowest BCUT2D eigenvalue weighted by Crippen LogP contribution is -2.36. The molecule has 14 heavy (non-hydrogen) atoms. The molecule has 0 spiro atoms. The molecule has 4 amide bonds. The van der Waals surface area contributed by atoms with Gasteiger partial charge >= 0.3 is 17.8 Å². The topological polar surface area (TPSA) is 77.9 Å². The average Bonchev–Trinajstić information content (AvgIpc) is 2.35. The molecule has 1 aliphatic heterocycles. The molecule has 0 aliphatic carbocycles. The second kappa shape index (κ2) is 3.75. The molecular formula is C8H12N2O4. The fourth-order valence-corrected chi connectivity index (χ4v) is 1.14. The van der Waals surface area contributed by atoms with Crippen molar-refractivity contribution in [3.05, 3.63) is 0 Å². The number of imide groups is 2. The van der Waals surface area contributed by atoms with Crippen LogP contribution in [0.3, 0.4) is 0 Å². The maximum Gasteiger partial charge on any atom is 0.333 e. The lowest BCUT2D eigenvalue weighted by Gasteiger charge is -2.16. The Morgan fingerprint density at radius 1 is 1.29 bits per heavy atom. The van der Waals surface area contributed by atoms with Gasteiger partial charge in [-0.1, -0.05) is 6.92 Å². The smallest absolute Gasteiger partial charge is 0.333 e. The highest BCUT2D eigenvalue weighted by Gasteiger charge is 2.42. The maximum absolute atomic E-state index is 11.3. The number of rotatable bonds is 3. The van der Waals surface area contributed by atoms with E-state index < -0.39 is 17.8 Å². The van der Waals surface area contributed by atoms with Crippen molar-refractivity contribution in [2.24, 2.45) is 5.92 Å². The number of carbonyl (C=O) groups is 3. The number of nitrogens with zero attached hydrogens (tertiary/aromatic N) is 2. The minimum Gasteiger partial charge on any atom is -0.396 e. The minimum absolute atomic E-state index is 0.0737. The number of amides is 4. The quantitative estimate of drug-likeness (QED) is 0.470. The fourth-order valence-electron chi connectivity index (χ4n) is 1.14. The second-order valence-corrected chi connectivity index (χ2v) is 3.35. The lowest BCUT2D eigenvalue weighted by molar-refractivity contribution is -0.143. The molecule has 1 rings (SSSR count). The zero-order valence-electron chi connectivity index (χ0n) is 8.06. The number of hydrogen-bond acceptors (Lipinski definition) is 4. The van der Waals surface area contributed by atoms with Gasteiger partial charge < -0.3 is 5.11 Å². The molecule has 0 aromatic rings. The van der Waals surface area contributed by atoms with Gasteiger partial charge in [-0.05, 0) is 5.92 Å². The number of likely N-dealkylation sites (N-methyl/N-ethyl adjacent to an activating group) is 1. The first-order valence-electron chi connectivity index (χ1n) is 4.23. The molecular weight excluding hydrogens is 188 g/mol. The SMILES string of the molecule is CC(CO)CN1C(=O)C(=O)N(C)C1=O. The predicted octanol–water partition coefficient (Wildman–Crippen LogP) is -0.965. The van der Waals surface area contributed by atoms with Gasteiger partial charge in [0.05, 0.1) is 0 Å². The fraction of sp³-hybridized carbons (Fsp3) is 0.625. The van der Waals surface area contributed by atoms with E-state index in [1.54, 1.807) is 6.92 Å². The van der Waals surface area contributed by atoms with Crippen LogP contribution >= 0.6 is 0 Å². The standard InChI is InChI=1S/C8H12N2O4/c1-5(4-11)3-10-7(13)6(12)9(2)8(10)14/h5,11H,3-4H2,1-2H3. The second-order valence-electron chi connectivity index (χ2n) is 3.35. The van der Waals surface area contributed by atoms with Crippen molar-refractivity contribution < 1.29 is 19.5 Å². The molecule has 1 N–H and O–H groups in total. The Kier molecular flexibility index (Phi) is 2.85. The Balaban J connectivity index is 2.75. The van der Waals surface area contributed by atoms with E-state index in [0.717, 1.165) is 9.80 Å². The van der Waals surface area contributed by atoms with Gasteiger partial charge in [-0.25, -0.2) is 4.79 Å². The summed E-state index contributed by atoms with van der Waals surface area (Å²) in [6, 6.07) is -0.625. The van der Waals surface area contributed by atoms with E-state index in [9.17, 15) is 14.4 Å². The molecule has 6 heteroatoms. The van der Waals surface area contributed by atoms with Gasteiger partial charge in [0.15, 0.2) is 0 Å². The molecule has 1 saturated heterocycles. The van der Waals surface area contributed by atoms with E-state index in [1.165, 1.54) is 7.05 Å². The van der Waals surface area contributed by atoms with Crippen molar-refractivity contribution >= 4 is 17.8 Å². The monoisotopic (exact) mass is 200 g/mol. The normalized spacial score (nSPS) is 19.5. The van der Waals surface area contributed by atoms with Gasteiger partial charge in [0.1, 0.15) is 0 Å². The van der Waals surface area contributed by atoms with Crippen molar-refractivity contribution in [3.63, 3.8) is 0 Å². The van der Waals surface area contributed by atoms with Crippen LogP contribution in [0, 0.1) is 5.92 Å². The third-order valence-electron chi connectivity index (χ3n) is 2.06. The van der Waals surface area contributed by atoms with Gasteiger partial charge in [0.25, 0.3) is 0 Å². The first-order valence-corrected chi connectivity index (χ1v) is 4.23. The molecule has 1 heterocycles. The number of carbonyl (C=O) groups excluding carboxylic acids is 3. The van der Waals surface area contributed by atoms with Crippen LogP contribution in [0.25, 0.3) is 0 Å². The Labute approximate surface area is 81.1 Å². The summed E-state index contributed by atoms with van der Waals surface area (Å²) in [5.74, 6) is -1.86. The summed E-state index contributed by atoms with van der Waals surface area (Å²) in [7, 11) is 1.26. The Bertz CT molecular complexity index is 289. The molecule has 0 aromatic heterocycles. The van der Waals surface area contributed by atoms with Crippen LogP contribution in [-0.2, 0) is 9.59 Å². The van der Waals surface area contributed by atoms with E-state index in [1.807, 2.05) is 0 Å². The third-order valence-corrected chi connectivity index (χ3v) is 2.06. The lowest BCUT2D eigenvalue weighted by atomic mass is 10.2. The average molecular weight is 200 g/mol. The van der Waals surface area contributed by atoms with E-state index >= 15 is 0 Å². The minimum atomic E-state index is -0.821. The summed E-state index contributed by atoms with van der Waals surface area (Å²) in [5, 5.41) is 8.75. The molecule has 78 valence electrons. The zero-order chi connectivity index (χ0) is 10.9. The van der Waals surface area contributed by atoms with Crippen molar-refractivity contribution in [1.29, 1.82) is 0 Å². The Morgan fingerprint density at radius 2 is 1.86 bits per heavy atom. The molecule has 1 fully saturated rings. The van der Waals surface area contributed by atoms with Crippen molar-refractivity contribution in [3.8, 4) is 0 Å². The van der Waals surface area contributed by atoms with Crippen LogP contribution < -0.4 is 0 Å². The largest absolute Gasteiger partial charge is 0.396 e. The van der Waals surface area contributed by atoms with Crippen molar-refractivity contribution in [2.45, 2.75) is 6.92 Å². The molecule has 1 atom stereocenters. The summed E-state index contributed by atoms with van der Waals surface area (Å²) >= 11 is 0. The Hall–Kier alpha value is -1.43. The number of hydrogen-bond donors (Lipinski definition) is 1. The Morgan fingerprint density at radius 3 is 2.21 bits per heavy atom. The van der Waals surface area contributed by atoms with Crippen LogP contribution in [0.1, 0.15) is 6.92 Å². The third kappa shape index (κ3) is 1.60. The highest BCUT2D eigenvalue weighted by Crippen LogP contribution is 2.11. The highest BCUT2D eigenvalue weighted by molar-refractivity contribution is 6.44. The van der Waals surface area contributed by atoms with Crippen LogP contribution in [0.4, 0.5) is 4.79 Å². The van der Waals surface area contributed by atoms with Gasteiger partial charge in [-0.3, -0.25) is 19.4 Å². The van der Waals surface area contributed by atoms with Crippen LogP contribution in [-0.4, -0.2) is 53.0 Å². The molecule has 1 unspecified atom stereocenters. The summed E-state index contributed by atoms with van der Waals surface area (Å²) in [4.78, 5) is 35.2. The van der Waals surface area contributed by atoms with E-state index in [4.69, 9.17) is 5.11 Å². The van der Waals surface area contributed by atoms with Gasteiger partial charge in [-0.15, -0.1) is 0 Å². The number of aliphatic hydroxyl groups excluding tert-OH is 1. The van der Waals surface area contributed by atoms with E-state index in [0.29, 0.717) is 0 Å². The van der Waals surface area contributed by atoms with Gasteiger partial charge in [-0.2, -0.15) is 0 Å². The van der Waals surface area contributed by atoms with Gasteiger partial charge in [0, 0.05) is 20.2 Å². The zero-order valence-corrected chi connectivity index (χ0v) is 8.06. The van der Waals surface area contributed by atoms with Gasteiger partial charge in [0.2, 0.25) is 0 Å². The summed E-state index contributed by atoms with van der Waals surface area (Å²) in [6.45, 7) is 1.63. The summed E-state index contributed by atoms with van der Waals surface area (Å²) in [5.41, 5.74) is 0. The van der Waals surface area contributed by atoms with E-state index in [2.05, 4.69) is 0 Å². The van der Waals surface area contributed by atoms with Crippen molar-refractivity contribution in [2.75, 3.05) is 20.2 Å². The number of urea groups is 1. The van der Waals surface area contributed by atoms with Crippen LogP contribution in [0.2, 0.25) is 0 Å². The maximum atomic E-state index is 11.3. The van der Waals surface area contributed by atoms with Crippen LogP contribution in [0.15, 0.2) is 0 Å². The molecule has 6 nitrogen and oxygen atoms in total. The molecule has 1 aliphatic rings. The first kappa shape index (κ1) is 10.6. The highest BCUT2D eigenvalue weighted by atomic mass is 16.3. The summed E-state index contributed by atoms with van der Waals surface area (Å²) < 4.78 is 0. The first-order chi connectivity index (χ1) is 6.49. The molecule has 0 saturated carbocycles. The van der Waals surface area contributed by atoms with Crippen molar-refractivity contribution in [1.82, 2.24) is 9.80 Å². The molecule has 0 bridgehead atoms. The molecule has 0 aromatic carbocycles. The molecule has 0 radical (unpaired) electrons. The van der Waals surface area contributed by atoms with Crippen LogP contribution in [0.5, 0.6) is 0 Å². The van der Waals surface area contributed by atoms with E-state index in [-0.39, 0.29) is 19.1 Å². The number of aliphatic hydroxyl groups is 1. The predicted molar refractivity (Wildman–Crippen MR) is 46.1 cm³/mol.